The Bertz CT molecular complexity index is 1300. The number of carbonyl (C=O) groups is 1. The molecule has 0 aliphatic carbocycles. The van der Waals surface area contributed by atoms with Crippen LogP contribution in [-0.4, -0.2) is 57.3 Å². The molecule has 0 atom stereocenters. The number of fused-ring (bicyclic) bond motifs is 1. The number of rotatable bonds is 4. The largest absolute Gasteiger partial charge is 0.381 e. The fourth-order valence-electron chi connectivity index (χ4n) is 3.81. The second kappa shape index (κ2) is 8.10. The van der Waals surface area contributed by atoms with Crippen molar-refractivity contribution in [1.82, 2.24) is 30.4 Å². The number of nitrogens with zero attached hydrogens (tertiary/aromatic N) is 4. The minimum absolute atomic E-state index is 0.0968. The van der Waals surface area contributed by atoms with Crippen LogP contribution in [0.15, 0.2) is 48.7 Å². The lowest BCUT2D eigenvalue weighted by Gasteiger charge is -2.36. The van der Waals surface area contributed by atoms with Gasteiger partial charge in [-0.3, -0.25) is 10.4 Å². The van der Waals surface area contributed by atoms with Crippen molar-refractivity contribution in [3.63, 3.8) is 0 Å². The Hall–Kier alpha value is -3.69. The van der Waals surface area contributed by atoms with Crippen LogP contribution in [0.1, 0.15) is 0 Å². The molecule has 5 rings (SSSR count). The van der Waals surface area contributed by atoms with E-state index in [2.05, 4.69) is 30.7 Å². The number of likely N-dealkylation sites (N-methyl/N-ethyl adjacent to an activating group) is 1. The first-order chi connectivity index (χ1) is 15.5. The Balaban J connectivity index is 1.57. The average molecular weight is 449 g/mol. The van der Waals surface area contributed by atoms with Gasteiger partial charge in [-0.1, -0.05) is 41.9 Å². The zero-order chi connectivity index (χ0) is 22.2. The lowest BCUT2D eigenvalue weighted by Crippen LogP contribution is -2.58. The fraction of sp³-hybridized carbons (Fsp3) is 0.182. The van der Waals surface area contributed by atoms with E-state index in [4.69, 9.17) is 22.3 Å². The second-order valence-corrected chi connectivity index (χ2v) is 8.24. The van der Waals surface area contributed by atoms with Gasteiger partial charge in [0.25, 0.3) is 0 Å². The summed E-state index contributed by atoms with van der Waals surface area (Å²) < 4.78 is 0. The minimum Gasteiger partial charge on any atom is -0.381 e. The van der Waals surface area contributed by atoms with Gasteiger partial charge in [0.1, 0.15) is 0 Å². The molecule has 10 heteroatoms. The van der Waals surface area contributed by atoms with Crippen LogP contribution in [0.3, 0.4) is 0 Å². The number of carbonyl (C=O) groups excluding carboxylic acids is 1. The SMILES string of the molecule is CN1CC(NC(=O)Nc2nc(-c3cc(Cl)c4[nH]ncc4c3)c(-c3ccccc3)nc2N)C1. The Morgan fingerprint density at radius 3 is 2.66 bits per heavy atom. The zero-order valence-electron chi connectivity index (χ0n) is 17.3. The van der Waals surface area contributed by atoms with Crippen molar-refractivity contribution in [3.05, 3.63) is 53.7 Å². The first-order valence-electron chi connectivity index (χ1n) is 10.1. The molecule has 0 spiro atoms. The monoisotopic (exact) mass is 448 g/mol. The molecule has 2 aromatic heterocycles. The molecule has 1 saturated heterocycles. The number of aromatic amines is 1. The van der Waals surface area contributed by atoms with Gasteiger partial charge in [0.15, 0.2) is 11.6 Å². The summed E-state index contributed by atoms with van der Waals surface area (Å²) in [5.74, 6) is 0.317. The summed E-state index contributed by atoms with van der Waals surface area (Å²) in [4.78, 5) is 23.9. The summed E-state index contributed by atoms with van der Waals surface area (Å²) in [6.07, 6.45) is 1.69. The van der Waals surface area contributed by atoms with Crippen molar-refractivity contribution in [2.45, 2.75) is 6.04 Å². The number of nitrogens with two attached hydrogens (primary N) is 1. The van der Waals surface area contributed by atoms with Crippen LogP contribution >= 0.6 is 11.6 Å². The van der Waals surface area contributed by atoms with Crippen LogP contribution in [0.4, 0.5) is 16.4 Å². The van der Waals surface area contributed by atoms with Crippen LogP contribution in [0, 0.1) is 0 Å². The highest BCUT2D eigenvalue weighted by molar-refractivity contribution is 6.35. The number of likely N-dealkylation sites (tertiary alicyclic amines) is 1. The molecule has 2 aromatic carbocycles. The molecule has 3 heterocycles. The molecule has 0 unspecified atom stereocenters. The Labute approximate surface area is 189 Å². The highest BCUT2D eigenvalue weighted by atomic mass is 35.5. The number of benzene rings is 2. The molecule has 0 bridgehead atoms. The Kier molecular flexibility index (Phi) is 5.12. The second-order valence-electron chi connectivity index (χ2n) is 7.83. The third-order valence-electron chi connectivity index (χ3n) is 5.38. The molecule has 0 radical (unpaired) electrons. The van der Waals surface area contributed by atoms with E-state index in [0.717, 1.165) is 35.1 Å². The average Bonchev–Trinajstić information content (AvgIpc) is 3.24. The maximum atomic E-state index is 12.5. The number of nitrogen functional groups attached to an aromatic ring is 1. The summed E-state index contributed by atoms with van der Waals surface area (Å²) in [5, 5.41) is 13.9. The van der Waals surface area contributed by atoms with Crippen LogP contribution < -0.4 is 16.4 Å². The highest BCUT2D eigenvalue weighted by Gasteiger charge is 2.25. The quantitative estimate of drug-likeness (QED) is 0.379. The van der Waals surface area contributed by atoms with Crippen molar-refractivity contribution in [2.75, 3.05) is 31.2 Å². The lowest BCUT2D eigenvalue weighted by molar-refractivity contribution is 0.165. The van der Waals surface area contributed by atoms with Gasteiger partial charge in [-0.25, -0.2) is 14.8 Å². The van der Waals surface area contributed by atoms with Crippen molar-refractivity contribution >= 4 is 40.2 Å². The van der Waals surface area contributed by atoms with Crippen molar-refractivity contribution in [3.8, 4) is 22.5 Å². The number of aromatic nitrogens is 4. The van der Waals surface area contributed by atoms with Crippen LogP contribution in [0.5, 0.6) is 0 Å². The fourth-order valence-corrected chi connectivity index (χ4v) is 4.08. The smallest absolute Gasteiger partial charge is 0.320 e. The van der Waals surface area contributed by atoms with Crippen molar-refractivity contribution < 1.29 is 4.79 Å². The summed E-state index contributed by atoms with van der Waals surface area (Å²) in [6, 6.07) is 13.1. The van der Waals surface area contributed by atoms with Crippen LogP contribution in [-0.2, 0) is 0 Å². The van der Waals surface area contributed by atoms with Gasteiger partial charge in [0, 0.05) is 29.6 Å². The van der Waals surface area contributed by atoms with Gasteiger partial charge in [0.2, 0.25) is 0 Å². The van der Waals surface area contributed by atoms with Gasteiger partial charge < -0.3 is 16.0 Å². The van der Waals surface area contributed by atoms with E-state index in [1.807, 2.05) is 43.4 Å². The summed E-state index contributed by atoms with van der Waals surface area (Å²) in [6.45, 7) is 1.60. The Morgan fingerprint density at radius 2 is 1.91 bits per heavy atom. The van der Waals surface area contributed by atoms with E-state index in [-0.39, 0.29) is 23.7 Å². The molecule has 2 amide bonds. The first-order valence-corrected chi connectivity index (χ1v) is 10.5. The standard InChI is InChI=1S/C22H21ClN8O/c1-31-10-15(11-31)26-22(32)29-21-20(24)27-18(12-5-3-2-4-6-12)19(28-21)13-7-14-9-25-30-17(14)16(23)8-13/h2-9,15H,10-11H2,1H3,(H2,24,27)(H,25,30)(H2,26,28,29,32). The van der Waals surface area contributed by atoms with Gasteiger partial charge in [0.05, 0.1) is 34.2 Å². The van der Waals surface area contributed by atoms with Crippen molar-refractivity contribution in [2.24, 2.45) is 0 Å². The van der Waals surface area contributed by atoms with Crippen LogP contribution in [0.2, 0.25) is 5.02 Å². The number of hydrogen-bond acceptors (Lipinski definition) is 6. The summed E-state index contributed by atoms with van der Waals surface area (Å²) >= 11 is 6.47. The van der Waals surface area contributed by atoms with Crippen molar-refractivity contribution in [1.29, 1.82) is 0 Å². The molecular formula is C22H21ClN8O. The molecule has 4 aromatic rings. The first kappa shape index (κ1) is 20.2. The molecular weight excluding hydrogens is 428 g/mol. The molecule has 32 heavy (non-hydrogen) atoms. The zero-order valence-corrected chi connectivity index (χ0v) is 18.0. The van der Waals surface area contributed by atoms with E-state index < -0.39 is 0 Å². The van der Waals surface area contributed by atoms with Crippen LogP contribution in [0.25, 0.3) is 33.4 Å². The lowest BCUT2D eigenvalue weighted by atomic mass is 10.0. The van der Waals surface area contributed by atoms with E-state index >= 15 is 0 Å². The number of hydrogen-bond donors (Lipinski definition) is 4. The van der Waals surface area contributed by atoms with E-state index in [0.29, 0.717) is 16.4 Å². The molecule has 1 aliphatic heterocycles. The molecule has 1 aliphatic rings. The summed E-state index contributed by atoms with van der Waals surface area (Å²) in [7, 11) is 2.00. The number of H-pyrrole nitrogens is 1. The van der Waals surface area contributed by atoms with E-state index in [1.165, 1.54) is 0 Å². The molecule has 5 N–H and O–H groups in total. The molecule has 1 fully saturated rings. The van der Waals surface area contributed by atoms with E-state index in [9.17, 15) is 4.79 Å². The number of anilines is 2. The number of urea groups is 1. The predicted molar refractivity (Wildman–Crippen MR) is 125 cm³/mol. The third-order valence-corrected chi connectivity index (χ3v) is 5.67. The van der Waals surface area contributed by atoms with Gasteiger partial charge in [-0.05, 0) is 19.2 Å². The molecule has 162 valence electrons. The molecule has 9 nitrogen and oxygen atoms in total. The topological polar surface area (TPSA) is 125 Å². The predicted octanol–water partition coefficient (Wildman–Crippen LogP) is 3.36. The molecule has 0 saturated carbocycles. The number of nitrogens with one attached hydrogen (secondary N) is 3. The van der Waals surface area contributed by atoms with Gasteiger partial charge in [-0.2, -0.15) is 5.10 Å². The number of amides is 2. The normalized spacial score (nSPS) is 14.3. The third kappa shape index (κ3) is 3.83. The Morgan fingerprint density at radius 1 is 1.16 bits per heavy atom. The van der Waals surface area contributed by atoms with E-state index in [1.54, 1.807) is 12.3 Å². The summed E-state index contributed by atoms with van der Waals surface area (Å²) in [5.41, 5.74) is 9.65. The highest BCUT2D eigenvalue weighted by Crippen LogP contribution is 2.35. The van der Waals surface area contributed by atoms with Gasteiger partial charge >= 0.3 is 6.03 Å². The minimum atomic E-state index is -0.370. The van der Waals surface area contributed by atoms with Gasteiger partial charge in [-0.15, -0.1) is 0 Å². The number of halogens is 1. The maximum Gasteiger partial charge on any atom is 0.320 e. The maximum absolute atomic E-state index is 12.5.